The first-order chi connectivity index (χ1) is 20.7. The minimum atomic E-state index is 0.308. The van der Waals surface area contributed by atoms with E-state index >= 15 is 0 Å². The van der Waals surface area contributed by atoms with Crippen LogP contribution in [0.2, 0.25) is 0 Å². The summed E-state index contributed by atoms with van der Waals surface area (Å²) in [6.45, 7) is 0. The summed E-state index contributed by atoms with van der Waals surface area (Å²) >= 11 is 0. The summed E-state index contributed by atoms with van der Waals surface area (Å²) in [5.41, 5.74) is 14.7. The molecule has 0 heterocycles. The molecule has 3 aliphatic rings. The van der Waals surface area contributed by atoms with E-state index in [4.69, 9.17) is 9.47 Å². The van der Waals surface area contributed by atoms with E-state index in [-0.39, 0.29) is 0 Å². The zero-order valence-electron chi connectivity index (χ0n) is 23.4. The Morgan fingerprint density at radius 1 is 0.500 bits per heavy atom. The molecule has 0 saturated carbocycles. The average Bonchev–Trinajstić information content (AvgIpc) is 3.51. The normalized spacial score (nSPS) is 15.0. The van der Waals surface area contributed by atoms with Crippen LogP contribution in [-0.4, -0.2) is 14.2 Å². The van der Waals surface area contributed by atoms with E-state index in [9.17, 15) is 0 Å². The molecule has 42 heavy (non-hydrogen) atoms. The molecule has 0 aliphatic heterocycles. The lowest BCUT2D eigenvalue weighted by Crippen LogP contribution is -2.11. The zero-order chi connectivity index (χ0) is 27.7. The molecule has 0 saturated heterocycles. The van der Waals surface area contributed by atoms with Crippen LogP contribution in [0.25, 0.3) is 76.8 Å². The monoisotopic (exact) mass is 538 g/mol. The molecule has 0 radical (unpaired) electrons. The second-order valence-corrected chi connectivity index (χ2v) is 12.0. The van der Waals surface area contributed by atoms with Crippen LogP contribution in [0.15, 0.2) is 103 Å². The fourth-order valence-electron chi connectivity index (χ4n) is 8.20. The van der Waals surface area contributed by atoms with Gasteiger partial charge in [0.05, 0.1) is 14.2 Å². The third-order valence-corrected chi connectivity index (χ3v) is 10.0. The highest BCUT2D eigenvalue weighted by Gasteiger charge is 2.38. The number of benzene rings is 7. The molecule has 2 nitrogen and oxygen atoms in total. The van der Waals surface area contributed by atoms with Crippen LogP contribution in [0.3, 0.4) is 0 Å². The fraction of sp³-hybridized carbons (Fsp3) is 0.100. The van der Waals surface area contributed by atoms with E-state index in [0.29, 0.717) is 5.92 Å². The van der Waals surface area contributed by atoms with Crippen molar-refractivity contribution in [3.05, 3.63) is 120 Å². The Morgan fingerprint density at radius 3 is 1.67 bits per heavy atom. The van der Waals surface area contributed by atoms with Gasteiger partial charge in [-0.3, -0.25) is 0 Å². The standard InChI is InChI=1S/C40H26O2/c1-41-25-15-33-27-11-21-7-3-5-9-23(21)13-29(27)37-20-32-31(35(17-25)39(33)37)19-38-30-14-24-10-6-4-8-22(24)12-28(30)34-16-26(42-2)18-36(32)40(34)38/h3-19,37H,20H2,1-2H3. The predicted molar refractivity (Wildman–Crippen MR) is 173 cm³/mol. The van der Waals surface area contributed by atoms with Gasteiger partial charge in [-0.2, -0.15) is 0 Å². The molecule has 0 N–H and O–H groups in total. The van der Waals surface area contributed by atoms with Crippen molar-refractivity contribution in [2.75, 3.05) is 14.2 Å². The topological polar surface area (TPSA) is 18.5 Å². The van der Waals surface area contributed by atoms with Gasteiger partial charge in [0, 0.05) is 5.92 Å². The van der Waals surface area contributed by atoms with E-state index in [1.165, 1.54) is 93.5 Å². The zero-order valence-corrected chi connectivity index (χ0v) is 23.4. The summed E-state index contributed by atoms with van der Waals surface area (Å²) in [5, 5.41) is 7.77. The van der Waals surface area contributed by atoms with Crippen LogP contribution >= 0.6 is 0 Å². The highest BCUT2D eigenvalue weighted by molar-refractivity contribution is 6.20. The molecule has 198 valence electrons. The molecular weight excluding hydrogens is 512 g/mol. The van der Waals surface area contributed by atoms with Crippen molar-refractivity contribution in [1.82, 2.24) is 0 Å². The molecule has 0 bridgehead atoms. The largest absolute Gasteiger partial charge is 0.497 e. The molecular formula is C40H26O2. The lowest BCUT2D eigenvalue weighted by Gasteiger charge is -2.28. The van der Waals surface area contributed by atoms with Crippen LogP contribution in [0.4, 0.5) is 0 Å². The van der Waals surface area contributed by atoms with Gasteiger partial charge in [0.15, 0.2) is 0 Å². The first-order valence-corrected chi connectivity index (χ1v) is 14.7. The van der Waals surface area contributed by atoms with E-state index < -0.39 is 0 Å². The molecule has 0 fully saturated rings. The first-order valence-electron chi connectivity index (χ1n) is 14.7. The maximum absolute atomic E-state index is 5.94. The Bertz CT molecular complexity index is 2360. The second-order valence-electron chi connectivity index (χ2n) is 12.0. The maximum Gasteiger partial charge on any atom is 0.120 e. The number of methoxy groups -OCH3 is 2. The lowest BCUT2D eigenvalue weighted by molar-refractivity contribution is 0.415. The van der Waals surface area contributed by atoms with Gasteiger partial charge in [-0.25, -0.2) is 0 Å². The minimum absolute atomic E-state index is 0.308. The van der Waals surface area contributed by atoms with Gasteiger partial charge in [0.2, 0.25) is 0 Å². The van der Waals surface area contributed by atoms with Crippen LogP contribution < -0.4 is 9.47 Å². The molecule has 0 amide bonds. The molecule has 1 unspecified atom stereocenters. The van der Waals surface area contributed by atoms with Crippen molar-refractivity contribution in [2.45, 2.75) is 12.3 Å². The van der Waals surface area contributed by atoms with Crippen LogP contribution in [-0.2, 0) is 6.42 Å². The number of fused-ring (bicyclic) bond motifs is 11. The van der Waals surface area contributed by atoms with Gasteiger partial charge in [0.1, 0.15) is 11.5 Å². The van der Waals surface area contributed by atoms with Gasteiger partial charge < -0.3 is 9.47 Å². The van der Waals surface area contributed by atoms with E-state index in [0.717, 1.165) is 17.9 Å². The number of hydrogen-bond acceptors (Lipinski definition) is 2. The smallest absolute Gasteiger partial charge is 0.120 e. The van der Waals surface area contributed by atoms with Gasteiger partial charge >= 0.3 is 0 Å². The summed E-state index contributed by atoms with van der Waals surface area (Å²) in [4.78, 5) is 0. The third kappa shape index (κ3) is 2.75. The molecule has 7 aromatic carbocycles. The Hall–Kier alpha value is -5.08. The number of hydrogen-bond donors (Lipinski definition) is 0. The Kier molecular flexibility index (Phi) is 4.20. The van der Waals surface area contributed by atoms with Crippen molar-refractivity contribution in [2.24, 2.45) is 0 Å². The van der Waals surface area contributed by atoms with Crippen molar-refractivity contribution in [1.29, 1.82) is 0 Å². The van der Waals surface area contributed by atoms with Gasteiger partial charge in [-0.1, -0.05) is 48.5 Å². The summed E-state index contributed by atoms with van der Waals surface area (Å²) < 4.78 is 11.9. The SMILES string of the molecule is COc1cc2c3c(c1)-c1cc4c5c(cc(OC)cc5c1CC3c1cc3ccccc3cc1-2)-c1cc2ccccc2cc1-4. The Balaban J connectivity index is 1.32. The maximum atomic E-state index is 5.94. The quantitative estimate of drug-likeness (QED) is 0.218. The molecule has 10 rings (SSSR count). The average molecular weight is 539 g/mol. The molecule has 0 spiro atoms. The van der Waals surface area contributed by atoms with E-state index in [1.54, 1.807) is 14.2 Å². The lowest BCUT2D eigenvalue weighted by atomic mass is 9.75. The van der Waals surface area contributed by atoms with Gasteiger partial charge in [-0.15, -0.1) is 0 Å². The Morgan fingerprint density at radius 2 is 1.02 bits per heavy atom. The minimum Gasteiger partial charge on any atom is -0.497 e. The Labute approximate surface area is 243 Å². The third-order valence-electron chi connectivity index (χ3n) is 10.0. The predicted octanol–water partition coefficient (Wildman–Crippen LogP) is 10.1. The molecule has 0 aromatic heterocycles. The summed E-state index contributed by atoms with van der Waals surface area (Å²) in [7, 11) is 3.57. The number of rotatable bonds is 2. The molecule has 1 atom stereocenters. The first kappa shape index (κ1) is 22.6. The van der Waals surface area contributed by atoms with Crippen molar-refractivity contribution < 1.29 is 9.47 Å². The van der Waals surface area contributed by atoms with E-state index in [2.05, 4.69) is 103 Å². The van der Waals surface area contributed by atoms with Crippen LogP contribution in [0.5, 0.6) is 11.5 Å². The van der Waals surface area contributed by atoms with Gasteiger partial charge in [-0.05, 0) is 155 Å². The van der Waals surface area contributed by atoms with Crippen molar-refractivity contribution in [3.63, 3.8) is 0 Å². The van der Waals surface area contributed by atoms with Crippen LogP contribution in [0.1, 0.15) is 22.6 Å². The highest BCUT2D eigenvalue weighted by Crippen LogP contribution is 2.59. The van der Waals surface area contributed by atoms with Crippen molar-refractivity contribution >= 4 is 32.3 Å². The molecule has 3 aliphatic carbocycles. The van der Waals surface area contributed by atoms with Crippen molar-refractivity contribution in [3.8, 4) is 56.0 Å². The van der Waals surface area contributed by atoms with E-state index in [1.807, 2.05) is 0 Å². The number of ether oxygens (including phenoxy) is 2. The van der Waals surface area contributed by atoms with Gasteiger partial charge in [0.25, 0.3) is 0 Å². The molecule has 7 aromatic rings. The van der Waals surface area contributed by atoms with Crippen LogP contribution in [0, 0.1) is 0 Å². The summed E-state index contributed by atoms with van der Waals surface area (Å²) in [6, 6.07) is 38.5. The second kappa shape index (κ2) is 7.80. The molecule has 2 heteroatoms. The summed E-state index contributed by atoms with van der Waals surface area (Å²) in [5.74, 6) is 2.13. The highest BCUT2D eigenvalue weighted by atomic mass is 16.5. The summed E-state index contributed by atoms with van der Waals surface area (Å²) in [6.07, 6.45) is 0.967. The fourth-order valence-corrected chi connectivity index (χ4v) is 8.20.